The number of carbonyl (C=O) groups is 1. The third kappa shape index (κ3) is 4.74. The summed E-state index contributed by atoms with van der Waals surface area (Å²) < 4.78 is 11.0. The standard InChI is InChI=1S/C23H25N5O3/c1-15(2)20-13-30-23(29)28(20)22-25-14-24-21(27-22)26-16(3)17-9-11-19(12-10-17)31-18-7-5-4-6-8-18/h4-12,14-16,20H,13H2,1-3H3,(H,24,25,26,27)/t16?,20-/m1/s1. The van der Waals surface area contributed by atoms with E-state index in [4.69, 9.17) is 9.47 Å². The van der Waals surface area contributed by atoms with Crippen molar-refractivity contribution >= 4 is 18.0 Å². The zero-order valence-corrected chi connectivity index (χ0v) is 17.7. The summed E-state index contributed by atoms with van der Waals surface area (Å²) in [6.07, 6.45) is 0.967. The van der Waals surface area contributed by atoms with Gasteiger partial charge >= 0.3 is 6.09 Å². The normalized spacial score (nSPS) is 16.8. The predicted molar refractivity (Wildman–Crippen MR) is 117 cm³/mol. The first-order valence-electron chi connectivity index (χ1n) is 10.3. The molecular weight excluding hydrogens is 394 g/mol. The highest BCUT2D eigenvalue weighted by molar-refractivity contribution is 5.88. The van der Waals surface area contributed by atoms with E-state index in [9.17, 15) is 4.79 Å². The molecule has 8 heteroatoms. The maximum atomic E-state index is 12.2. The third-order valence-electron chi connectivity index (χ3n) is 5.15. The van der Waals surface area contributed by atoms with Gasteiger partial charge in [-0.2, -0.15) is 4.98 Å². The lowest BCUT2D eigenvalue weighted by molar-refractivity contribution is 0.177. The van der Waals surface area contributed by atoms with E-state index in [1.165, 1.54) is 11.2 Å². The number of ether oxygens (including phenoxy) is 2. The largest absolute Gasteiger partial charge is 0.457 e. The van der Waals surface area contributed by atoms with E-state index in [0.29, 0.717) is 12.6 Å². The van der Waals surface area contributed by atoms with Crippen LogP contribution in [0.4, 0.5) is 16.7 Å². The number of hydrogen-bond donors (Lipinski definition) is 1. The molecule has 1 amide bonds. The number of cyclic esters (lactones) is 1. The minimum absolute atomic E-state index is 0.0625. The van der Waals surface area contributed by atoms with Gasteiger partial charge in [0, 0.05) is 0 Å². The average Bonchev–Trinajstić information content (AvgIpc) is 3.17. The topological polar surface area (TPSA) is 89.5 Å². The Hall–Kier alpha value is -3.68. The predicted octanol–water partition coefficient (Wildman–Crippen LogP) is 4.82. The van der Waals surface area contributed by atoms with Gasteiger partial charge in [-0.1, -0.05) is 44.2 Å². The second-order valence-corrected chi connectivity index (χ2v) is 7.72. The maximum Gasteiger partial charge on any atom is 0.417 e. The minimum atomic E-state index is -0.432. The van der Waals surface area contributed by atoms with Crippen LogP contribution in [0.25, 0.3) is 0 Å². The lowest BCUT2D eigenvalue weighted by atomic mass is 10.1. The molecule has 0 radical (unpaired) electrons. The Balaban J connectivity index is 1.44. The number of benzene rings is 2. The summed E-state index contributed by atoms with van der Waals surface area (Å²) in [5.74, 6) is 2.45. The molecule has 4 rings (SSSR count). The van der Waals surface area contributed by atoms with E-state index < -0.39 is 6.09 Å². The van der Waals surface area contributed by atoms with Crippen molar-refractivity contribution < 1.29 is 14.3 Å². The minimum Gasteiger partial charge on any atom is -0.457 e. The van der Waals surface area contributed by atoms with Crippen LogP contribution in [0.15, 0.2) is 60.9 Å². The number of amides is 1. The molecule has 1 aromatic heterocycles. The smallest absolute Gasteiger partial charge is 0.417 e. The number of nitrogens with one attached hydrogen (secondary N) is 1. The first-order chi connectivity index (χ1) is 15.0. The van der Waals surface area contributed by atoms with E-state index >= 15 is 0 Å². The summed E-state index contributed by atoms with van der Waals surface area (Å²) in [7, 11) is 0. The van der Waals surface area contributed by atoms with E-state index in [-0.39, 0.29) is 23.9 Å². The van der Waals surface area contributed by atoms with Gasteiger partial charge in [0.1, 0.15) is 24.4 Å². The Labute approximate surface area is 181 Å². The molecule has 3 aromatic rings. The fourth-order valence-electron chi connectivity index (χ4n) is 3.36. The van der Waals surface area contributed by atoms with Crippen molar-refractivity contribution in [1.82, 2.24) is 15.0 Å². The molecule has 0 spiro atoms. The third-order valence-corrected chi connectivity index (χ3v) is 5.15. The van der Waals surface area contributed by atoms with Crippen molar-refractivity contribution in [1.29, 1.82) is 0 Å². The van der Waals surface area contributed by atoms with Crippen molar-refractivity contribution in [3.63, 3.8) is 0 Å². The molecule has 0 bridgehead atoms. The summed E-state index contributed by atoms with van der Waals surface area (Å²) in [6, 6.07) is 17.3. The Morgan fingerprint density at radius 2 is 1.74 bits per heavy atom. The number of hydrogen-bond acceptors (Lipinski definition) is 7. The van der Waals surface area contributed by atoms with Gasteiger partial charge in [0.05, 0.1) is 12.1 Å². The summed E-state index contributed by atoms with van der Waals surface area (Å²) in [6.45, 7) is 6.41. The summed E-state index contributed by atoms with van der Waals surface area (Å²) in [5.41, 5.74) is 1.04. The van der Waals surface area contributed by atoms with Crippen molar-refractivity contribution in [3.05, 3.63) is 66.5 Å². The molecule has 2 aromatic carbocycles. The Bertz CT molecular complexity index is 1030. The molecule has 1 saturated heterocycles. The Morgan fingerprint density at radius 1 is 1.03 bits per heavy atom. The molecule has 1 N–H and O–H groups in total. The van der Waals surface area contributed by atoms with E-state index in [2.05, 4.69) is 20.3 Å². The molecule has 1 aliphatic heterocycles. The van der Waals surface area contributed by atoms with Crippen LogP contribution in [0, 0.1) is 5.92 Å². The summed E-state index contributed by atoms with van der Waals surface area (Å²) >= 11 is 0. The second-order valence-electron chi connectivity index (χ2n) is 7.72. The first-order valence-corrected chi connectivity index (χ1v) is 10.3. The highest BCUT2D eigenvalue weighted by Crippen LogP contribution is 2.26. The molecule has 1 aliphatic rings. The lowest BCUT2D eigenvalue weighted by Gasteiger charge is -2.22. The molecule has 1 unspecified atom stereocenters. The molecule has 0 aliphatic carbocycles. The van der Waals surface area contributed by atoms with Gasteiger partial charge in [0.15, 0.2) is 0 Å². The first kappa shape index (κ1) is 20.6. The molecule has 2 atom stereocenters. The molecule has 160 valence electrons. The zero-order chi connectivity index (χ0) is 21.8. The van der Waals surface area contributed by atoms with Gasteiger partial charge in [0.2, 0.25) is 11.9 Å². The SMILES string of the molecule is CC(Nc1ncnc(N2C(=O)OC[C@@H]2C(C)C)n1)c1ccc(Oc2ccccc2)cc1. The van der Waals surface area contributed by atoms with Crippen LogP contribution in [-0.2, 0) is 4.74 Å². The summed E-state index contributed by atoms with van der Waals surface area (Å²) in [5, 5.41) is 3.27. The molecule has 8 nitrogen and oxygen atoms in total. The maximum absolute atomic E-state index is 12.2. The fraction of sp³-hybridized carbons (Fsp3) is 0.304. The van der Waals surface area contributed by atoms with Crippen molar-refractivity contribution in [3.8, 4) is 11.5 Å². The van der Waals surface area contributed by atoms with Gasteiger partial charge in [-0.3, -0.25) is 0 Å². The summed E-state index contributed by atoms with van der Waals surface area (Å²) in [4.78, 5) is 26.5. The molecular formula is C23H25N5O3. The number of anilines is 2. The van der Waals surface area contributed by atoms with Gasteiger partial charge in [-0.15, -0.1) is 0 Å². The lowest BCUT2D eigenvalue weighted by Crippen LogP contribution is -2.38. The van der Waals surface area contributed by atoms with E-state index in [1.54, 1.807) is 0 Å². The van der Waals surface area contributed by atoms with Crippen LogP contribution in [0.1, 0.15) is 32.4 Å². The van der Waals surface area contributed by atoms with Crippen molar-refractivity contribution in [2.45, 2.75) is 32.9 Å². The van der Waals surface area contributed by atoms with Crippen LogP contribution < -0.4 is 15.0 Å². The van der Waals surface area contributed by atoms with Crippen LogP contribution in [0.3, 0.4) is 0 Å². The molecule has 2 heterocycles. The van der Waals surface area contributed by atoms with E-state index in [1.807, 2.05) is 75.4 Å². The zero-order valence-electron chi connectivity index (χ0n) is 17.7. The van der Waals surface area contributed by atoms with Gasteiger partial charge < -0.3 is 14.8 Å². The number of carbonyl (C=O) groups excluding carboxylic acids is 1. The second kappa shape index (κ2) is 8.99. The van der Waals surface area contributed by atoms with Crippen LogP contribution in [0.2, 0.25) is 0 Å². The highest BCUT2D eigenvalue weighted by atomic mass is 16.6. The number of nitrogens with zero attached hydrogens (tertiary/aromatic N) is 4. The van der Waals surface area contributed by atoms with Crippen LogP contribution >= 0.6 is 0 Å². The van der Waals surface area contributed by atoms with Crippen LogP contribution in [0.5, 0.6) is 11.5 Å². The van der Waals surface area contributed by atoms with Gasteiger partial charge in [-0.05, 0) is 42.7 Å². The number of aromatic nitrogens is 3. The number of para-hydroxylation sites is 1. The molecule has 1 fully saturated rings. The van der Waals surface area contributed by atoms with Crippen molar-refractivity contribution in [2.24, 2.45) is 5.92 Å². The fourth-order valence-corrected chi connectivity index (χ4v) is 3.36. The van der Waals surface area contributed by atoms with Crippen LogP contribution in [-0.4, -0.2) is 33.7 Å². The average molecular weight is 419 g/mol. The monoisotopic (exact) mass is 419 g/mol. The van der Waals surface area contributed by atoms with E-state index in [0.717, 1.165) is 17.1 Å². The molecule has 0 saturated carbocycles. The quantitative estimate of drug-likeness (QED) is 0.587. The van der Waals surface area contributed by atoms with Gasteiger partial charge in [-0.25, -0.2) is 19.7 Å². The van der Waals surface area contributed by atoms with Gasteiger partial charge in [0.25, 0.3) is 0 Å². The number of rotatable bonds is 7. The van der Waals surface area contributed by atoms with Crippen molar-refractivity contribution in [2.75, 3.05) is 16.8 Å². The Morgan fingerprint density at radius 3 is 2.45 bits per heavy atom. The Kier molecular flexibility index (Phi) is 5.97. The molecule has 31 heavy (non-hydrogen) atoms. The highest BCUT2D eigenvalue weighted by Gasteiger charge is 2.38.